The van der Waals surface area contributed by atoms with Gasteiger partial charge in [0.2, 0.25) is 0 Å². The molecule has 0 amide bonds. The number of fused-ring (bicyclic) bond motifs is 16. The van der Waals surface area contributed by atoms with Crippen LogP contribution in [0.25, 0.3) is 121 Å². The number of para-hydroxylation sites is 2. The van der Waals surface area contributed by atoms with E-state index in [1.807, 2.05) is 0 Å². The molecule has 4 fully saturated rings. The first-order chi connectivity index (χ1) is 62.3. The maximum atomic E-state index is 2.71. The van der Waals surface area contributed by atoms with Gasteiger partial charge in [-0.25, -0.2) is 0 Å². The predicted molar refractivity (Wildman–Crippen MR) is 546 cm³/mol. The van der Waals surface area contributed by atoms with Crippen LogP contribution in [-0.4, -0.2) is 9.13 Å². The summed E-state index contributed by atoms with van der Waals surface area (Å²) in [7, 11) is 0. The van der Waals surface area contributed by atoms with Crippen molar-refractivity contribution in [3.05, 3.63) is 347 Å². The number of hydrogen-bond acceptors (Lipinski definition) is 2. The number of rotatable bonds is 14. The molecule has 0 spiro atoms. The van der Waals surface area contributed by atoms with E-state index in [0.29, 0.717) is 23.7 Å². The third-order valence-corrected chi connectivity index (χ3v) is 31.8. The molecule has 0 bridgehead atoms. The number of hydrogen-bond donors (Lipinski definition) is 0. The summed E-state index contributed by atoms with van der Waals surface area (Å²) in [5, 5.41) is 10.3. The largest absolute Gasteiger partial charge is 0.310 e. The number of aromatic nitrogens is 2. The zero-order chi connectivity index (χ0) is 86.6. The average molecular weight is 1670 g/mol. The van der Waals surface area contributed by atoms with Crippen LogP contribution in [0.15, 0.2) is 291 Å². The first kappa shape index (κ1) is 80.6. The van der Waals surface area contributed by atoms with Crippen LogP contribution in [0.1, 0.15) is 277 Å². The number of benzene rings is 15. The Kier molecular flexibility index (Phi) is 19.8. The maximum absolute atomic E-state index is 2.71. The summed E-state index contributed by atoms with van der Waals surface area (Å²) < 4.78 is 5.19. The smallest absolute Gasteiger partial charge is 0.0544 e. The minimum absolute atomic E-state index is 0.195. The summed E-state index contributed by atoms with van der Waals surface area (Å²) >= 11 is 0. The van der Waals surface area contributed by atoms with Gasteiger partial charge in [0.1, 0.15) is 0 Å². The molecule has 0 aliphatic heterocycles. The number of anilines is 6. The van der Waals surface area contributed by atoms with E-state index in [9.17, 15) is 0 Å². The Morgan fingerprint density at radius 1 is 0.250 bits per heavy atom. The highest BCUT2D eigenvalue weighted by molar-refractivity contribution is 6.24. The SMILES string of the molecule is CC(C)(C)c1ccccc1-c1c2ccc(N(c3cc(C4CCCCC4)cc(C4CCCCC4)c3)c3cccc(-n4c5ccccc5c5c6c(ccc54)-c4ccccc4C6(C)C)c3)cc2c(-c2ccccc2C(C)(C)C)c2ccc(N(c3cc(C4CCCCC4)cc(C4CCCCC4)c3)c3cccc(-n4c5ccccc5c5c6c(ccc54)-c4ccccc4C6(C)C)c3)cc12. The first-order valence-corrected chi connectivity index (χ1v) is 49.0. The second kappa shape index (κ2) is 31.5. The first-order valence-electron chi connectivity index (χ1n) is 49.0. The molecule has 4 nitrogen and oxygen atoms in total. The highest BCUT2D eigenvalue weighted by Crippen LogP contribution is 2.59. The molecule has 0 radical (unpaired) electrons. The molecule has 0 N–H and O–H groups in total. The standard InChI is InChI=1S/C124H122N4/c1-121(2,3)107-55-29-25-51-101(107)115-97-63-61-92(126(94-73-85(81-41-19-13-20-42-81)70-86(74-94)82-43-21-14-22-44-82)88-46-36-48-90(76-88)128-112-60-34-28-54-104(112)118-114(128)68-66-100-96-50-24-32-58-110(96)124(9,10)120(100)118)78-106(97)116(102-52-26-30-56-108(102)122(4,5)6)98-64-62-91(77-105(98)115)125(93-71-83(79-37-15-11-16-38-79)69-84(72-93)80-39-17-12-18-40-80)87-45-35-47-89(75-87)127-111-59-33-27-53-103(111)117-113(127)67-65-99-95-49-23-31-57-109(95)123(7,8)119(99)117/h23-36,45-82H,11-22,37-44H2,1-10H3. The van der Waals surface area contributed by atoms with Crippen molar-refractivity contribution in [3.8, 4) is 55.9 Å². The van der Waals surface area contributed by atoms with Crippen molar-refractivity contribution < 1.29 is 0 Å². The topological polar surface area (TPSA) is 16.3 Å². The molecule has 0 unspecified atom stereocenters. The summed E-state index contributed by atoms with van der Waals surface area (Å²) in [6, 6.07) is 116. The Morgan fingerprint density at radius 3 is 0.945 bits per heavy atom. The van der Waals surface area contributed by atoms with E-state index in [0.717, 1.165) is 34.1 Å². The van der Waals surface area contributed by atoms with Crippen LogP contribution in [0, 0.1) is 0 Å². The summed E-state index contributed by atoms with van der Waals surface area (Å²) in [6.07, 6.45) is 25.4. The van der Waals surface area contributed by atoms with Gasteiger partial charge >= 0.3 is 0 Å². The van der Waals surface area contributed by atoms with Crippen LogP contribution < -0.4 is 9.80 Å². The van der Waals surface area contributed by atoms with Crippen LogP contribution in [0.3, 0.4) is 0 Å². The molecular weight excluding hydrogens is 1550 g/mol. The summed E-state index contributed by atoms with van der Waals surface area (Å²) in [5.74, 6) is 2.06. The second-order valence-corrected chi connectivity index (χ2v) is 42.4. The lowest BCUT2D eigenvalue weighted by Crippen LogP contribution is -2.15. The van der Waals surface area contributed by atoms with Crippen molar-refractivity contribution in [2.45, 2.75) is 243 Å². The van der Waals surface area contributed by atoms with Gasteiger partial charge in [-0.15, -0.1) is 0 Å². The van der Waals surface area contributed by atoms with Crippen LogP contribution in [0.5, 0.6) is 0 Å². The molecular formula is C124H122N4. The molecule has 17 aromatic rings. The average Bonchev–Trinajstić information content (AvgIpc) is 1.09. The molecule has 15 aromatic carbocycles. The zero-order valence-corrected chi connectivity index (χ0v) is 77.0. The van der Waals surface area contributed by atoms with Gasteiger partial charge in [0.25, 0.3) is 0 Å². The van der Waals surface area contributed by atoms with Crippen molar-refractivity contribution in [3.63, 3.8) is 0 Å². The molecule has 0 atom stereocenters. The van der Waals surface area contributed by atoms with E-state index < -0.39 is 0 Å². The Labute approximate surface area is 758 Å². The van der Waals surface area contributed by atoms with E-state index in [-0.39, 0.29) is 21.7 Å². The Balaban J connectivity index is 0.793. The van der Waals surface area contributed by atoms with E-state index in [1.165, 1.54) is 305 Å². The highest BCUT2D eigenvalue weighted by Gasteiger charge is 2.41. The molecule has 6 aliphatic rings. The predicted octanol–water partition coefficient (Wildman–Crippen LogP) is 35.9. The van der Waals surface area contributed by atoms with Gasteiger partial charge in [-0.05, 0) is 317 Å². The van der Waals surface area contributed by atoms with E-state index in [1.54, 1.807) is 0 Å². The lowest BCUT2D eigenvalue weighted by Gasteiger charge is -2.32. The lowest BCUT2D eigenvalue weighted by atomic mass is 9.76. The fourth-order valence-electron chi connectivity index (χ4n) is 25.7. The van der Waals surface area contributed by atoms with Crippen molar-refractivity contribution >= 4 is 99.3 Å². The molecule has 0 saturated heterocycles. The Morgan fingerprint density at radius 2 is 0.578 bits per heavy atom. The molecule has 23 rings (SSSR count). The Bertz CT molecular complexity index is 6760. The quantitative estimate of drug-likeness (QED) is 0.101. The van der Waals surface area contributed by atoms with E-state index >= 15 is 0 Å². The molecule has 2 aromatic heterocycles. The minimum atomic E-state index is -0.211. The highest BCUT2D eigenvalue weighted by atomic mass is 15.2. The maximum Gasteiger partial charge on any atom is 0.0544 e. The Hall–Kier alpha value is -12.0. The second-order valence-electron chi connectivity index (χ2n) is 42.4. The van der Waals surface area contributed by atoms with Gasteiger partial charge in [-0.1, -0.05) is 328 Å². The van der Waals surface area contributed by atoms with Crippen LogP contribution in [0.4, 0.5) is 34.1 Å². The van der Waals surface area contributed by atoms with Gasteiger partial charge in [0.15, 0.2) is 0 Å². The van der Waals surface area contributed by atoms with Crippen LogP contribution in [0.2, 0.25) is 0 Å². The van der Waals surface area contributed by atoms with Gasteiger partial charge in [0.05, 0.1) is 22.1 Å². The van der Waals surface area contributed by atoms with Gasteiger partial charge in [-0.2, -0.15) is 0 Å². The number of nitrogens with zero attached hydrogens (tertiary/aromatic N) is 4. The normalized spacial score (nSPS) is 16.8. The third kappa shape index (κ3) is 13.4. The van der Waals surface area contributed by atoms with Gasteiger partial charge in [-0.3, -0.25) is 0 Å². The van der Waals surface area contributed by atoms with Gasteiger partial charge in [0, 0.05) is 77.9 Å². The van der Waals surface area contributed by atoms with Crippen molar-refractivity contribution in [2.75, 3.05) is 9.80 Å². The van der Waals surface area contributed by atoms with Crippen molar-refractivity contribution in [1.29, 1.82) is 0 Å². The van der Waals surface area contributed by atoms with E-state index in [2.05, 4.69) is 379 Å². The minimum Gasteiger partial charge on any atom is -0.310 e. The lowest BCUT2D eigenvalue weighted by molar-refractivity contribution is 0.435. The summed E-state index contributed by atoms with van der Waals surface area (Å²) in [6.45, 7) is 24.4. The molecule has 6 aliphatic carbocycles. The fourth-order valence-corrected chi connectivity index (χ4v) is 25.7. The molecule has 2 heterocycles. The van der Waals surface area contributed by atoms with E-state index in [4.69, 9.17) is 0 Å². The fraction of sp³-hybridized carbons (Fsp3) is 0.306. The molecule has 4 saturated carbocycles. The molecule has 128 heavy (non-hydrogen) atoms. The molecule has 4 heteroatoms. The zero-order valence-electron chi connectivity index (χ0n) is 77.0. The van der Waals surface area contributed by atoms with Crippen molar-refractivity contribution in [1.82, 2.24) is 9.13 Å². The monoisotopic (exact) mass is 1670 g/mol. The van der Waals surface area contributed by atoms with Gasteiger partial charge < -0.3 is 18.9 Å². The van der Waals surface area contributed by atoms with Crippen LogP contribution in [-0.2, 0) is 21.7 Å². The van der Waals surface area contributed by atoms with Crippen molar-refractivity contribution in [2.24, 2.45) is 0 Å². The summed E-state index contributed by atoms with van der Waals surface area (Å²) in [4.78, 5) is 5.42. The third-order valence-electron chi connectivity index (χ3n) is 31.8. The molecule has 638 valence electrons. The van der Waals surface area contributed by atoms with Crippen LogP contribution >= 0.6 is 0 Å². The summed E-state index contributed by atoms with van der Waals surface area (Å²) in [5.41, 5.74) is 38.5.